The van der Waals surface area contributed by atoms with Crippen LogP contribution in [0.4, 0.5) is 0 Å². The minimum atomic E-state index is 0.379. The quantitative estimate of drug-likeness (QED) is 0.440. The summed E-state index contributed by atoms with van der Waals surface area (Å²) in [6.07, 6.45) is 3.70. The van der Waals surface area contributed by atoms with Gasteiger partial charge in [-0.1, -0.05) is 25.8 Å². The van der Waals surface area contributed by atoms with Gasteiger partial charge in [0.2, 0.25) is 0 Å². The molecule has 1 rings (SSSR count). The second-order valence-corrected chi connectivity index (χ2v) is 6.06. The van der Waals surface area contributed by atoms with Crippen molar-refractivity contribution >= 4 is 17.3 Å². The van der Waals surface area contributed by atoms with Crippen molar-refractivity contribution < 1.29 is 0 Å². The largest absolute Gasteiger partial charge is 0.356 e. The lowest BCUT2D eigenvalue weighted by Gasteiger charge is -2.24. The van der Waals surface area contributed by atoms with Crippen molar-refractivity contribution in [2.24, 2.45) is 4.99 Å². The number of likely N-dealkylation sites (N-methyl/N-ethyl adjacent to an activating group) is 1. The zero-order valence-corrected chi connectivity index (χ0v) is 14.0. The SMILES string of the molecule is CCCCCNC(=NC)NCC(c1cccs1)N(C)C. The summed E-state index contributed by atoms with van der Waals surface area (Å²) >= 11 is 1.80. The van der Waals surface area contributed by atoms with E-state index >= 15 is 0 Å². The van der Waals surface area contributed by atoms with Crippen LogP contribution in [0, 0.1) is 0 Å². The highest BCUT2D eigenvalue weighted by Gasteiger charge is 2.15. The molecule has 0 spiro atoms. The first-order valence-corrected chi connectivity index (χ1v) is 8.21. The number of unbranched alkanes of at least 4 members (excludes halogenated alkanes) is 2. The predicted molar refractivity (Wildman–Crippen MR) is 89.6 cm³/mol. The van der Waals surface area contributed by atoms with E-state index in [1.807, 2.05) is 7.05 Å². The highest BCUT2D eigenvalue weighted by atomic mass is 32.1. The average Bonchev–Trinajstić information content (AvgIpc) is 2.95. The van der Waals surface area contributed by atoms with Gasteiger partial charge in [0, 0.05) is 25.0 Å². The maximum Gasteiger partial charge on any atom is 0.191 e. The summed E-state index contributed by atoms with van der Waals surface area (Å²) in [7, 11) is 6.05. The van der Waals surface area contributed by atoms with Crippen molar-refractivity contribution in [1.82, 2.24) is 15.5 Å². The van der Waals surface area contributed by atoms with E-state index in [1.54, 1.807) is 11.3 Å². The van der Waals surface area contributed by atoms with Gasteiger partial charge in [0.15, 0.2) is 5.96 Å². The summed E-state index contributed by atoms with van der Waals surface area (Å²) in [4.78, 5) is 7.90. The minimum absolute atomic E-state index is 0.379. The van der Waals surface area contributed by atoms with E-state index in [4.69, 9.17) is 0 Å². The lowest BCUT2D eigenvalue weighted by Crippen LogP contribution is -2.41. The Morgan fingerprint density at radius 1 is 1.35 bits per heavy atom. The Hall–Kier alpha value is -1.07. The Kier molecular flexibility index (Phi) is 8.30. The molecule has 0 aliphatic heterocycles. The zero-order valence-electron chi connectivity index (χ0n) is 13.1. The van der Waals surface area contributed by atoms with Crippen LogP contribution in [0.25, 0.3) is 0 Å². The van der Waals surface area contributed by atoms with Crippen LogP contribution >= 0.6 is 11.3 Å². The second kappa shape index (κ2) is 9.77. The van der Waals surface area contributed by atoms with E-state index in [-0.39, 0.29) is 0 Å². The molecule has 1 aromatic rings. The molecule has 0 aromatic carbocycles. The van der Waals surface area contributed by atoms with Gasteiger partial charge < -0.3 is 15.5 Å². The molecule has 1 unspecified atom stereocenters. The Morgan fingerprint density at radius 2 is 2.15 bits per heavy atom. The molecule has 0 aliphatic carbocycles. The van der Waals surface area contributed by atoms with E-state index in [9.17, 15) is 0 Å². The number of guanidine groups is 1. The fourth-order valence-electron chi connectivity index (χ4n) is 2.01. The smallest absolute Gasteiger partial charge is 0.191 e. The molecule has 0 saturated heterocycles. The van der Waals surface area contributed by atoms with Crippen LogP contribution in [0.5, 0.6) is 0 Å². The summed E-state index contributed by atoms with van der Waals surface area (Å²) in [5, 5.41) is 8.92. The number of hydrogen-bond donors (Lipinski definition) is 2. The maximum absolute atomic E-state index is 4.28. The van der Waals surface area contributed by atoms with Crippen LogP contribution in [0.2, 0.25) is 0 Å². The Bertz CT molecular complexity index is 373. The van der Waals surface area contributed by atoms with Gasteiger partial charge in [-0.3, -0.25) is 4.99 Å². The van der Waals surface area contributed by atoms with Crippen molar-refractivity contribution in [3.63, 3.8) is 0 Å². The highest BCUT2D eigenvalue weighted by molar-refractivity contribution is 7.10. The van der Waals surface area contributed by atoms with Crippen molar-refractivity contribution in [1.29, 1.82) is 0 Å². The van der Waals surface area contributed by atoms with Crippen molar-refractivity contribution in [3.8, 4) is 0 Å². The monoisotopic (exact) mass is 296 g/mol. The fraction of sp³-hybridized carbons (Fsp3) is 0.667. The first-order valence-electron chi connectivity index (χ1n) is 7.33. The van der Waals surface area contributed by atoms with E-state index in [0.29, 0.717) is 6.04 Å². The van der Waals surface area contributed by atoms with Crippen LogP contribution < -0.4 is 10.6 Å². The number of thiophene rings is 1. The first-order chi connectivity index (χ1) is 9.69. The van der Waals surface area contributed by atoms with Crippen LogP contribution in [-0.2, 0) is 0 Å². The Morgan fingerprint density at radius 3 is 2.70 bits per heavy atom. The molecule has 0 bridgehead atoms. The summed E-state index contributed by atoms with van der Waals surface area (Å²) < 4.78 is 0. The summed E-state index contributed by atoms with van der Waals surface area (Å²) in [5.74, 6) is 0.893. The second-order valence-electron chi connectivity index (χ2n) is 5.08. The van der Waals surface area contributed by atoms with Crippen LogP contribution in [0.3, 0.4) is 0 Å². The van der Waals surface area contributed by atoms with E-state index in [1.165, 1.54) is 24.1 Å². The molecule has 114 valence electrons. The first kappa shape index (κ1) is 17.0. The fourth-order valence-corrected chi connectivity index (χ4v) is 2.94. The van der Waals surface area contributed by atoms with Gasteiger partial charge in [-0.05, 0) is 32.0 Å². The molecular weight excluding hydrogens is 268 g/mol. The van der Waals surface area contributed by atoms with E-state index in [0.717, 1.165) is 19.0 Å². The molecular formula is C15H28N4S. The molecule has 4 nitrogen and oxygen atoms in total. The Labute approximate surface area is 127 Å². The zero-order chi connectivity index (χ0) is 14.8. The number of nitrogens with zero attached hydrogens (tertiary/aromatic N) is 2. The van der Waals surface area contributed by atoms with Crippen LogP contribution in [0.15, 0.2) is 22.5 Å². The van der Waals surface area contributed by atoms with Gasteiger partial charge in [-0.15, -0.1) is 11.3 Å². The molecule has 0 radical (unpaired) electrons. The van der Waals surface area contributed by atoms with E-state index < -0.39 is 0 Å². The van der Waals surface area contributed by atoms with Gasteiger partial charge in [-0.2, -0.15) is 0 Å². The Balaban J connectivity index is 2.41. The normalized spacial score (nSPS) is 13.6. The lowest BCUT2D eigenvalue weighted by atomic mass is 10.2. The minimum Gasteiger partial charge on any atom is -0.356 e. The van der Waals surface area contributed by atoms with Gasteiger partial charge in [-0.25, -0.2) is 0 Å². The molecule has 0 saturated carbocycles. The topological polar surface area (TPSA) is 39.7 Å². The molecule has 5 heteroatoms. The lowest BCUT2D eigenvalue weighted by molar-refractivity contribution is 0.302. The third kappa shape index (κ3) is 5.92. The van der Waals surface area contributed by atoms with Crippen LogP contribution in [-0.4, -0.2) is 45.1 Å². The molecule has 0 fully saturated rings. The number of rotatable bonds is 8. The standard InChI is InChI=1S/C15H28N4S/c1-5-6-7-10-17-15(16-2)18-12-13(19(3)4)14-9-8-11-20-14/h8-9,11,13H,5-7,10,12H2,1-4H3,(H2,16,17,18). The van der Waals surface area contributed by atoms with Gasteiger partial charge >= 0.3 is 0 Å². The molecule has 0 aliphatic rings. The number of hydrogen-bond acceptors (Lipinski definition) is 3. The molecule has 2 N–H and O–H groups in total. The summed E-state index contributed by atoms with van der Waals surface area (Å²) in [6, 6.07) is 4.67. The number of aliphatic imine (C=N–C) groups is 1. The molecule has 1 aromatic heterocycles. The third-order valence-electron chi connectivity index (χ3n) is 3.25. The van der Waals surface area contributed by atoms with Gasteiger partial charge in [0.25, 0.3) is 0 Å². The van der Waals surface area contributed by atoms with Gasteiger partial charge in [0.05, 0.1) is 6.04 Å². The van der Waals surface area contributed by atoms with Crippen molar-refractivity contribution in [2.75, 3.05) is 34.2 Å². The third-order valence-corrected chi connectivity index (χ3v) is 4.23. The van der Waals surface area contributed by atoms with Crippen molar-refractivity contribution in [2.45, 2.75) is 32.2 Å². The molecule has 0 amide bonds. The number of nitrogens with one attached hydrogen (secondary N) is 2. The summed E-state index contributed by atoms with van der Waals surface area (Å²) in [6.45, 7) is 4.07. The summed E-state index contributed by atoms with van der Waals surface area (Å²) in [5.41, 5.74) is 0. The average molecular weight is 296 g/mol. The predicted octanol–water partition coefficient (Wildman–Crippen LogP) is 2.71. The maximum atomic E-state index is 4.28. The molecule has 20 heavy (non-hydrogen) atoms. The van der Waals surface area contributed by atoms with Gasteiger partial charge in [0.1, 0.15) is 0 Å². The van der Waals surface area contributed by atoms with Crippen molar-refractivity contribution in [3.05, 3.63) is 22.4 Å². The van der Waals surface area contributed by atoms with Crippen LogP contribution in [0.1, 0.15) is 37.1 Å². The highest BCUT2D eigenvalue weighted by Crippen LogP contribution is 2.22. The van der Waals surface area contributed by atoms with E-state index in [2.05, 4.69) is 59.1 Å². The molecule has 1 atom stereocenters. The molecule has 1 heterocycles.